The average Bonchev–Trinajstić information content (AvgIpc) is 2.93. The fourth-order valence-corrected chi connectivity index (χ4v) is 3.99. The molecule has 0 saturated carbocycles. The lowest BCUT2D eigenvalue weighted by atomic mass is 10.3. The van der Waals surface area contributed by atoms with Crippen LogP contribution in [0.3, 0.4) is 0 Å². The summed E-state index contributed by atoms with van der Waals surface area (Å²) >= 11 is 0. The predicted octanol–water partition coefficient (Wildman–Crippen LogP) is 2.22. The molecule has 0 aliphatic heterocycles. The van der Waals surface area contributed by atoms with Crippen LogP contribution < -0.4 is 5.73 Å². The Kier molecular flexibility index (Phi) is 3.96. The third kappa shape index (κ3) is 2.51. The highest BCUT2D eigenvalue weighted by molar-refractivity contribution is 7.91. The van der Waals surface area contributed by atoms with Gasteiger partial charge in [-0.2, -0.15) is 0 Å². The second-order valence-corrected chi connectivity index (χ2v) is 6.96. The van der Waals surface area contributed by atoms with Crippen LogP contribution in [0.25, 0.3) is 10.9 Å². The molecule has 0 amide bonds. The van der Waals surface area contributed by atoms with Crippen molar-refractivity contribution < 1.29 is 8.42 Å². The normalized spacial score (nSPS) is 11.9. The van der Waals surface area contributed by atoms with Gasteiger partial charge in [0.25, 0.3) is 0 Å². The van der Waals surface area contributed by atoms with Crippen molar-refractivity contribution in [2.45, 2.75) is 22.8 Å². The monoisotopic (exact) mass is 315 g/mol. The number of rotatable bonds is 5. The Morgan fingerprint density at radius 3 is 2.64 bits per heavy atom. The number of pyridine rings is 1. The van der Waals surface area contributed by atoms with E-state index in [1.807, 2.05) is 4.57 Å². The van der Waals surface area contributed by atoms with Gasteiger partial charge in [-0.3, -0.25) is 4.98 Å². The molecule has 0 fully saturated rings. The van der Waals surface area contributed by atoms with Crippen LogP contribution in [0.2, 0.25) is 0 Å². The maximum Gasteiger partial charge on any atom is 0.208 e. The number of nitrogens with zero attached hydrogens (tertiary/aromatic N) is 2. The number of sulfone groups is 1. The van der Waals surface area contributed by atoms with Gasteiger partial charge in [0.2, 0.25) is 9.84 Å². The molecule has 6 heteroatoms. The van der Waals surface area contributed by atoms with Crippen LogP contribution in [0.15, 0.2) is 64.8 Å². The van der Waals surface area contributed by atoms with Crippen molar-refractivity contribution in [2.75, 3.05) is 6.54 Å². The molecule has 5 nitrogen and oxygen atoms in total. The van der Waals surface area contributed by atoms with E-state index >= 15 is 0 Å². The highest BCUT2D eigenvalue weighted by Gasteiger charge is 2.23. The summed E-state index contributed by atoms with van der Waals surface area (Å²) in [6, 6.07) is 10.2. The standard InChI is InChI=1S/C16H17N3O2S/c17-8-4-10-19-12-16(14-7-9-18-11-15(14)19)22(20,21)13-5-2-1-3-6-13/h1-3,5-7,9,11-12H,4,8,10,17H2. The molecule has 114 valence electrons. The van der Waals surface area contributed by atoms with Crippen molar-refractivity contribution in [3.63, 3.8) is 0 Å². The van der Waals surface area contributed by atoms with Crippen LogP contribution in [0.4, 0.5) is 0 Å². The Balaban J connectivity index is 2.19. The minimum atomic E-state index is -3.55. The zero-order valence-electron chi connectivity index (χ0n) is 12.0. The van der Waals surface area contributed by atoms with Gasteiger partial charge in [0.05, 0.1) is 21.5 Å². The first-order valence-corrected chi connectivity index (χ1v) is 8.56. The third-order valence-electron chi connectivity index (χ3n) is 3.59. The summed E-state index contributed by atoms with van der Waals surface area (Å²) in [7, 11) is -3.55. The summed E-state index contributed by atoms with van der Waals surface area (Å²) in [4.78, 5) is 4.71. The van der Waals surface area contributed by atoms with Gasteiger partial charge >= 0.3 is 0 Å². The summed E-state index contributed by atoms with van der Waals surface area (Å²) in [5.41, 5.74) is 6.37. The first kappa shape index (κ1) is 14.7. The van der Waals surface area contributed by atoms with Gasteiger partial charge in [-0.25, -0.2) is 8.42 Å². The first-order chi connectivity index (χ1) is 10.6. The van der Waals surface area contributed by atoms with Gasteiger partial charge in [-0.15, -0.1) is 0 Å². The Morgan fingerprint density at radius 1 is 1.14 bits per heavy atom. The molecule has 3 rings (SSSR count). The van der Waals surface area contributed by atoms with E-state index in [1.54, 1.807) is 55.0 Å². The Hall–Kier alpha value is -2.18. The minimum Gasteiger partial charge on any atom is -0.345 e. The van der Waals surface area contributed by atoms with Gasteiger partial charge in [-0.1, -0.05) is 18.2 Å². The number of fused-ring (bicyclic) bond motifs is 1. The average molecular weight is 315 g/mol. The van der Waals surface area contributed by atoms with Crippen LogP contribution in [0, 0.1) is 0 Å². The topological polar surface area (TPSA) is 78.0 Å². The zero-order chi connectivity index (χ0) is 15.6. The first-order valence-electron chi connectivity index (χ1n) is 7.07. The third-order valence-corrected chi connectivity index (χ3v) is 5.39. The molecule has 3 aromatic rings. The van der Waals surface area contributed by atoms with Crippen LogP contribution in [-0.2, 0) is 16.4 Å². The largest absolute Gasteiger partial charge is 0.345 e. The van der Waals surface area contributed by atoms with Gasteiger partial charge in [0.15, 0.2) is 0 Å². The molecule has 2 heterocycles. The van der Waals surface area contributed by atoms with Crippen molar-refractivity contribution >= 4 is 20.7 Å². The summed E-state index contributed by atoms with van der Waals surface area (Å²) in [5, 5.41) is 0.691. The second-order valence-electron chi connectivity index (χ2n) is 5.04. The lowest BCUT2D eigenvalue weighted by molar-refractivity contribution is 0.595. The lowest BCUT2D eigenvalue weighted by Crippen LogP contribution is -2.05. The number of benzene rings is 1. The molecule has 2 N–H and O–H groups in total. The fourth-order valence-electron chi connectivity index (χ4n) is 2.49. The SMILES string of the molecule is NCCCn1cc(S(=O)(=O)c2ccccc2)c2ccncc21. The lowest BCUT2D eigenvalue weighted by Gasteiger charge is -2.02. The van der Waals surface area contributed by atoms with Gasteiger partial charge in [-0.05, 0) is 31.2 Å². The highest BCUT2D eigenvalue weighted by atomic mass is 32.2. The van der Waals surface area contributed by atoms with E-state index in [-0.39, 0.29) is 0 Å². The molecular weight excluding hydrogens is 298 g/mol. The Morgan fingerprint density at radius 2 is 1.91 bits per heavy atom. The van der Waals surface area contributed by atoms with E-state index in [1.165, 1.54) is 0 Å². The summed E-state index contributed by atoms with van der Waals surface area (Å²) in [6.45, 7) is 1.23. The minimum absolute atomic E-state index is 0.296. The van der Waals surface area contributed by atoms with E-state index in [4.69, 9.17) is 5.73 Å². The van der Waals surface area contributed by atoms with Crippen molar-refractivity contribution in [3.8, 4) is 0 Å². The van der Waals surface area contributed by atoms with Crippen molar-refractivity contribution in [1.82, 2.24) is 9.55 Å². The van der Waals surface area contributed by atoms with Crippen LogP contribution in [-0.4, -0.2) is 24.5 Å². The molecule has 0 bridgehead atoms. The Labute approximate surface area is 129 Å². The molecule has 22 heavy (non-hydrogen) atoms. The molecule has 2 aromatic heterocycles. The quantitative estimate of drug-likeness (QED) is 0.783. The molecule has 0 unspecified atom stereocenters. The predicted molar refractivity (Wildman–Crippen MR) is 85.3 cm³/mol. The van der Waals surface area contributed by atoms with Gasteiger partial charge < -0.3 is 10.3 Å². The van der Waals surface area contributed by atoms with E-state index in [0.717, 1.165) is 11.9 Å². The van der Waals surface area contributed by atoms with Crippen LogP contribution in [0.1, 0.15) is 6.42 Å². The molecule has 0 atom stereocenters. The molecule has 0 aliphatic rings. The number of hydrogen-bond acceptors (Lipinski definition) is 4. The summed E-state index contributed by atoms with van der Waals surface area (Å²) in [5.74, 6) is 0. The van der Waals surface area contributed by atoms with Crippen LogP contribution >= 0.6 is 0 Å². The fraction of sp³-hybridized carbons (Fsp3) is 0.188. The molecule has 0 spiro atoms. The molecule has 1 aromatic carbocycles. The van der Waals surface area contributed by atoms with Gasteiger partial charge in [0.1, 0.15) is 0 Å². The van der Waals surface area contributed by atoms with E-state index in [9.17, 15) is 8.42 Å². The maximum absolute atomic E-state index is 12.9. The summed E-state index contributed by atoms with van der Waals surface area (Å²) < 4.78 is 27.7. The number of hydrogen-bond donors (Lipinski definition) is 1. The Bertz CT molecular complexity index is 886. The van der Waals surface area contributed by atoms with Crippen molar-refractivity contribution in [1.29, 1.82) is 0 Å². The van der Waals surface area contributed by atoms with Crippen molar-refractivity contribution in [2.24, 2.45) is 5.73 Å². The van der Waals surface area contributed by atoms with E-state index in [0.29, 0.717) is 28.3 Å². The maximum atomic E-state index is 12.9. The molecule has 0 saturated heterocycles. The van der Waals surface area contributed by atoms with E-state index in [2.05, 4.69) is 4.98 Å². The smallest absolute Gasteiger partial charge is 0.208 e. The molecule has 0 aliphatic carbocycles. The van der Waals surface area contributed by atoms with Crippen LogP contribution in [0.5, 0.6) is 0 Å². The molecular formula is C16H17N3O2S. The number of aryl methyl sites for hydroxylation is 1. The molecule has 0 radical (unpaired) electrons. The highest BCUT2D eigenvalue weighted by Crippen LogP contribution is 2.29. The van der Waals surface area contributed by atoms with E-state index < -0.39 is 9.84 Å². The number of nitrogens with two attached hydrogens (primary N) is 1. The zero-order valence-corrected chi connectivity index (χ0v) is 12.8. The number of aromatic nitrogens is 2. The van der Waals surface area contributed by atoms with Gasteiger partial charge in [0, 0.05) is 24.3 Å². The second kappa shape index (κ2) is 5.90. The summed E-state index contributed by atoms with van der Waals surface area (Å²) in [6.07, 6.45) is 5.77. The van der Waals surface area contributed by atoms with Crippen molar-refractivity contribution in [3.05, 3.63) is 55.0 Å².